The van der Waals surface area contributed by atoms with Gasteiger partial charge in [-0.2, -0.15) is 0 Å². The van der Waals surface area contributed by atoms with E-state index >= 15 is 0 Å². The molecule has 0 spiro atoms. The predicted molar refractivity (Wildman–Crippen MR) is 79.1 cm³/mol. The highest BCUT2D eigenvalue weighted by Crippen LogP contribution is 2.32. The number of amides is 1. The summed E-state index contributed by atoms with van der Waals surface area (Å²) in [4.78, 5) is 14.2. The minimum atomic E-state index is -0.321. The monoisotopic (exact) mass is 285 g/mol. The fourth-order valence-electron chi connectivity index (χ4n) is 2.50. The molecule has 0 bridgehead atoms. The van der Waals surface area contributed by atoms with Crippen molar-refractivity contribution in [3.05, 3.63) is 59.4 Å². The summed E-state index contributed by atoms with van der Waals surface area (Å²) in [5, 5.41) is 0. The van der Waals surface area contributed by atoms with Crippen LogP contribution in [-0.4, -0.2) is 19.1 Å². The Morgan fingerprint density at radius 1 is 1.29 bits per heavy atom. The number of nitrogens with zero attached hydrogens (tertiary/aromatic N) is 1. The van der Waals surface area contributed by atoms with E-state index in [2.05, 4.69) is 0 Å². The van der Waals surface area contributed by atoms with Gasteiger partial charge in [0.2, 0.25) is 5.91 Å². The van der Waals surface area contributed by atoms with Crippen LogP contribution in [-0.2, 0) is 11.2 Å². The van der Waals surface area contributed by atoms with Gasteiger partial charge in [0.1, 0.15) is 18.2 Å². The molecule has 0 fully saturated rings. The summed E-state index contributed by atoms with van der Waals surface area (Å²) < 4.78 is 18.8. The molecular weight excluding hydrogens is 269 g/mol. The molecular formula is C17H16FNO2. The van der Waals surface area contributed by atoms with Crippen molar-refractivity contribution in [3.8, 4) is 5.75 Å². The van der Waals surface area contributed by atoms with Crippen LogP contribution in [0.3, 0.4) is 0 Å². The molecule has 0 atom stereocenters. The second-order valence-corrected chi connectivity index (χ2v) is 5.17. The molecule has 1 amide bonds. The van der Waals surface area contributed by atoms with E-state index in [1.54, 1.807) is 17.0 Å². The lowest BCUT2D eigenvalue weighted by atomic mass is 10.1. The first kappa shape index (κ1) is 13.6. The van der Waals surface area contributed by atoms with E-state index in [4.69, 9.17) is 4.74 Å². The molecule has 108 valence electrons. The molecule has 0 saturated carbocycles. The minimum Gasteiger partial charge on any atom is -0.490 e. The van der Waals surface area contributed by atoms with Gasteiger partial charge in [-0.15, -0.1) is 0 Å². The summed E-state index contributed by atoms with van der Waals surface area (Å²) in [6.07, 6.45) is 0.186. The van der Waals surface area contributed by atoms with Gasteiger partial charge in [0.15, 0.2) is 0 Å². The van der Waals surface area contributed by atoms with E-state index in [1.807, 2.05) is 25.1 Å². The van der Waals surface area contributed by atoms with Crippen LogP contribution in [0.5, 0.6) is 5.75 Å². The maximum Gasteiger partial charge on any atom is 0.231 e. The van der Waals surface area contributed by atoms with Crippen LogP contribution in [0.25, 0.3) is 0 Å². The summed E-state index contributed by atoms with van der Waals surface area (Å²) in [5.74, 6) is 0.355. The summed E-state index contributed by atoms with van der Waals surface area (Å²) in [7, 11) is 0. The van der Waals surface area contributed by atoms with Gasteiger partial charge in [-0.05, 0) is 42.3 Å². The third-order valence-corrected chi connectivity index (χ3v) is 3.52. The first-order chi connectivity index (χ1) is 10.1. The number of hydrogen-bond donors (Lipinski definition) is 0. The molecule has 0 radical (unpaired) electrons. The van der Waals surface area contributed by atoms with Crippen molar-refractivity contribution in [1.82, 2.24) is 0 Å². The van der Waals surface area contributed by atoms with Crippen LogP contribution < -0.4 is 9.64 Å². The number of rotatable bonds is 2. The number of fused-ring (bicyclic) bond motifs is 1. The van der Waals surface area contributed by atoms with E-state index in [0.29, 0.717) is 18.7 Å². The summed E-state index contributed by atoms with van der Waals surface area (Å²) in [5.41, 5.74) is 2.55. The lowest BCUT2D eigenvalue weighted by Gasteiger charge is -2.30. The third kappa shape index (κ3) is 2.89. The molecule has 0 aliphatic carbocycles. The largest absolute Gasteiger partial charge is 0.490 e. The number of anilines is 1. The Balaban J connectivity index is 1.85. The number of hydrogen-bond acceptors (Lipinski definition) is 2. The number of carbonyl (C=O) groups excluding carboxylic acids is 1. The quantitative estimate of drug-likeness (QED) is 0.848. The van der Waals surface area contributed by atoms with Crippen molar-refractivity contribution in [2.75, 3.05) is 18.1 Å². The second kappa shape index (κ2) is 5.56. The first-order valence-corrected chi connectivity index (χ1v) is 6.92. The van der Waals surface area contributed by atoms with Crippen LogP contribution in [0.15, 0.2) is 42.5 Å². The zero-order chi connectivity index (χ0) is 14.8. The number of ether oxygens (including phenoxy) is 1. The van der Waals surface area contributed by atoms with Crippen molar-refractivity contribution in [2.45, 2.75) is 13.3 Å². The highest BCUT2D eigenvalue weighted by atomic mass is 19.1. The van der Waals surface area contributed by atoms with Crippen molar-refractivity contribution >= 4 is 11.6 Å². The van der Waals surface area contributed by atoms with Crippen molar-refractivity contribution < 1.29 is 13.9 Å². The minimum absolute atomic E-state index is 0.0456. The number of halogens is 1. The Hall–Kier alpha value is -2.36. The maximum absolute atomic E-state index is 13.2. The Morgan fingerprint density at radius 3 is 2.95 bits per heavy atom. The zero-order valence-corrected chi connectivity index (χ0v) is 11.8. The van der Waals surface area contributed by atoms with Gasteiger partial charge in [0.25, 0.3) is 0 Å². The Morgan fingerprint density at radius 2 is 2.14 bits per heavy atom. The number of benzene rings is 2. The molecule has 0 N–H and O–H groups in total. The first-order valence-electron chi connectivity index (χ1n) is 6.92. The number of aryl methyl sites for hydroxylation is 1. The average molecular weight is 285 g/mol. The van der Waals surface area contributed by atoms with Gasteiger partial charge < -0.3 is 9.64 Å². The van der Waals surface area contributed by atoms with Gasteiger partial charge in [-0.3, -0.25) is 4.79 Å². The normalized spacial score (nSPS) is 13.5. The van der Waals surface area contributed by atoms with Gasteiger partial charge >= 0.3 is 0 Å². The van der Waals surface area contributed by atoms with Crippen LogP contribution in [0.2, 0.25) is 0 Å². The molecule has 0 unspecified atom stereocenters. The fourth-order valence-corrected chi connectivity index (χ4v) is 2.50. The van der Waals surface area contributed by atoms with E-state index in [1.165, 1.54) is 12.1 Å². The van der Waals surface area contributed by atoms with E-state index in [0.717, 1.165) is 17.0 Å². The van der Waals surface area contributed by atoms with Crippen LogP contribution in [0.1, 0.15) is 11.1 Å². The van der Waals surface area contributed by atoms with E-state index < -0.39 is 0 Å². The molecule has 3 nitrogen and oxygen atoms in total. The van der Waals surface area contributed by atoms with E-state index in [-0.39, 0.29) is 18.1 Å². The second-order valence-electron chi connectivity index (χ2n) is 5.17. The Kier molecular flexibility index (Phi) is 3.60. The fraction of sp³-hybridized carbons (Fsp3) is 0.235. The van der Waals surface area contributed by atoms with E-state index in [9.17, 15) is 9.18 Å². The third-order valence-electron chi connectivity index (χ3n) is 3.52. The summed E-state index contributed by atoms with van der Waals surface area (Å²) in [6.45, 7) is 2.97. The zero-order valence-electron chi connectivity index (χ0n) is 11.8. The predicted octanol–water partition coefficient (Wildman–Crippen LogP) is 3.10. The molecule has 1 aliphatic rings. The molecule has 3 rings (SSSR count). The highest BCUT2D eigenvalue weighted by Gasteiger charge is 2.23. The SMILES string of the molecule is Cc1ccc2c(c1)N(C(=O)Cc1cccc(F)c1)CCO2. The van der Waals surface area contributed by atoms with Crippen LogP contribution in [0, 0.1) is 12.7 Å². The Labute approximate surface area is 123 Å². The summed E-state index contributed by atoms with van der Waals surface area (Å²) >= 11 is 0. The Bertz CT molecular complexity index is 684. The molecule has 1 aliphatic heterocycles. The standard InChI is InChI=1S/C17H16FNO2/c1-12-5-6-16-15(9-12)19(7-8-21-16)17(20)11-13-3-2-4-14(18)10-13/h2-6,9-10H,7-8,11H2,1H3. The van der Waals surface area contributed by atoms with Crippen molar-refractivity contribution in [3.63, 3.8) is 0 Å². The topological polar surface area (TPSA) is 29.5 Å². The van der Waals surface area contributed by atoms with Gasteiger partial charge in [-0.1, -0.05) is 18.2 Å². The van der Waals surface area contributed by atoms with Gasteiger partial charge in [0.05, 0.1) is 18.7 Å². The van der Waals surface area contributed by atoms with Crippen molar-refractivity contribution in [2.24, 2.45) is 0 Å². The molecule has 0 saturated heterocycles. The van der Waals surface area contributed by atoms with Crippen LogP contribution >= 0.6 is 0 Å². The summed E-state index contributed by atoms with van der Waals surface area (Å²) in [6, 6.07) is 11.9. The lowest BCUT2D eigenvalue weighted by molar-refractivity contribution is -0.118. The van der Waals surface area contributed by atoms with Gasteiger partial charge in [0, 0.05) is 0 Å². The maximum atomic E-state index is 13.2. The van der Waals surface area contributed by atoms with Crippen molar-refractivity contribution in [1.29, 1.82) is 0 Å². The smallest absolute Gasteiger partial charge is 0.231 e. The molecule has 0 aromatic heterocycles. The lowest BCUT2D eigenvalue weighted by Crippen LogP contribution is -2.38. The van der Waals surface area contributed by atoms with Gasteiger partial charge in [-0.25, -0.2) is 4.39 Å². The van der Waals surface area contributed by atoms with Crippen LogP contribution in [0.4, 0.5) is 10.1 Å². The molecule has 21 heavy (non-hydrogen) atoms. The molecule has 4 heteroatoms. The number of carbonyl (C=O) groups is 1. The highest BCUT2D eigenvalue weighted by molar-refractivity contribution is 5.96. The molecule has 1 heterocycles. The molecule has 2 aromatic carbocycles. The molecule has 2 aromatic rings. The average Bonchev–Trinajstić information content (AvgIpc) is 2.46.